The minimum Gasteiger partial charge on any atom is -0.496 e. The van der Waals surface area contributed by atoms with Crippen LogP contribution in [0, 0.1) is 5.92 Å². The molecule has 1 unspecified atom stereocenters. The summed E-state index contributed by atoms with van der Waals surface area (Å²) in [5.74, 6) is -1.42. The van der Waals surface area contributed by atoms with Gasteiger partial charge in [0, 0.05) is 12.7 Å². The lowest BCUT2D eigenvalue weighted by molar-refractivity contribution is -0.141. The van der Waals surface area contributed by atoms with Gasteiger partial charge in [0.15, 0.2) is 0 Å². The number of carbonyl (C=O) groups excluding carboxylic acids is 1. The lowest BCUT2D eigenvalue weighted by Crippen LogP contribution is -2.34. The van der Waals surface area contributed by atoms with Crippen molar-refractivity contribution in [1.82, 2.24) is 10.3 Å². The number of nitrogens with zero attached hydrogens (tertiary/aromatic N) is 1. The van der Waals surface area contributed by atoms with Gasteiger partial charge in [0.25, 0.3) is 5.91 Å². The van der Waals surface area contributed by atoms with Crippen LogP contribution < -0.4 is 14.8 Å². The molecule has 8 heteroatoms. The molecule has 144 valence electrons. The van der Waals surface area contributed by atoms with Gasteiger partial charge in [-0.05, 0) is 31.0 Å². The molecule has 0 aliphatic carbocycles. The van der Waals surface area contributed by atoms with Crippen molar-refractivity contribution in [3.63, 3.8) is 0 Å². The molecule has 0 fully saturated rings. The zero-order chi connectivity index (χ0) is 19.8. The molecule has 1 atom stereocenters. The van der Waals surface area contributed by atoms with E-state index < -0.39 is 17.8 Å². The first-order valence-corrected chi connectivity index (χ1v) is 8.75. The fourth-order valence-corrected chi connectivity index (χ4v) is 2.72. The van der Waals surface area contributed by atoms with Gasteiger partial charge in [-0.1, -0.05) is 29.8 Å². The second-order valence-corrected chi connectivity index (χ2v) is 6.11. The number of rotatable bonds is 9. The van der Waals surface area contributed by atoms with Gasteiger partial charge in [0.1, 0.15) is 10.8 Å². The van der Waals surface area contributed by atoms with Crippen LogP contribution in [-0.2, 0) is 11.2 Å². The summed E-state index contributed by atoms with van der Waals surface area (Å²) in [6, 6.07) is 8.61. The molecule has 2 N–H and O–H groups in total. The molecule has 0 radical (unpaired) electrons. The first-order valence-electron chi connectivity index (χ1n) is 8.37. The summed E-state index contributed by atoms with van der Waals surface area (Å²) in [4.78, 5) is 27.9. The SMILES string of the molecule is CCOc1ncc(C(=O)NCC(Cc2ccccc2OC)C(=O)O)cc1Cl. The number of para-hydroxylation sites is 1. The highest BCUT2D eigenvalue weighted by Gasteiger charge is 2.21. The maximum Gasteiger partial charge on any atom is 0.308 e. The van der Waals surface area contributed by atoms with E-state index >= 15 is 0 Å². The summed E-state index contributed by atoms with van der Waals surface area (Å²) in [5.41, 5.74) is 0.984. The second kappa shape index (κ2) is 9.78. The number of nitrogens with one attached hydrogen (secondary N) is 1. The van der Waals surface area contributed by atoms with E-state index in [0.29, 0.717) is 12.4 Å². The number of hydrogen-bond donors (Lipinski definition) is 2. The van der Waals surface area contributed by atoms with Crippen LogP contribution in [0.15, 0.2) is 36.5 Å². The first kappa shape index (κ1) is 20.5. The van der Waals surface area contributed by atoms with Crippen LogP contribution in [0.3, 0.4) is 0 Å². The molecule has 1 heterocycles. The summed E-state index contributed by atoms with van der Waals surface area (Å²) in [5, 5.41) is 12.3. The molecule has 27 heavy (non-hydrogen) atoms. The van der Waals surface area contributed by atoms with Crippen molar-refractivity contribution in [2.45, 2.75) is 13.3 Å². The van der Waals surface area contributed by atoms with Crippen LogP contribution >= 0.6 is 11.6 Å². The van der Waals surface area contributed by atoms with Crippen LogP contribution in [0.25, 0.3) is 0 Å². The fourth-order valence-electron chi connectivity index (χ4n) is 2.49. The van der Waals surface area contributed by atoms with Gasteiger partial charge in [-0.3, -0.25) is 9.59 Å². The van der Waals surface area contributed by atoms with Crippen molar-refractivity contribution < 1.29 is 24.2 Å². The smallest absolute Gasteiger partial charge is 0.308 e. The number of benzene rings is 1. The summed E-state index contributed by atoms with van der Waals surface area (Å²) in [6.45, 7) is 2.16. The number of aliphatic carboxylic acids is 1. The number of hydrogen-bond acceptors (Lipinski definition) is 5. The molecular formula is C19H21ClN2O5. The average molecular weight is 393 g/mol. The third-order valence-corrected chi connectivity index (χ3v) is 4.14. The predicted molar refractivity (Wildman–Crippen MR) is 101 cm³/mol. The number of amides is 1. The summed E-state index contributed by atoms with van der Waals surface area (Å²) < 4.78 is 10.5. The Morgan fingerprint density at radius 2 is 2.07 bits per heavy atom. The molecule has 1 aromatic heterocycles. The van der Waals surface area contributed by atoms with Crippen molar-refractivity contribution in [3.8, 4) is 11.6 Å². The molecule has 0 bridgehead atoms. The highest BCUT2D eigenvalue weighted by Crippen LogP contribution is 2.23. The Bertz CT molecular complexity index is 812. The van der Waals surface area contributed by atoms with E-state index in [4.69, 9.17) is 21.1 Å². The third kappa shape index (κ3) is 5.59. The number of pyridine rings is 1. The van der Waals surface area contributed by atoms with Crippen LogP contribution in [0.5, 0.6) is 11.6 Å². The lowest BCUT2D eigenvalue weighted by atomic mass is 9.98. The van der Waals surface area contributed by atoms with Crippen LogP contribution in [0.4, 0.5) is 0 Å². The minimum absolute atomic E-state index is 0.0446. The molecule has 0 aliphatic heterocycles. The zero-order valence-corrected chi connectivity index (χ0v) is 15.8. The van der Waals surface area contributed by atoms with Gasteiger partial charge in [-0.25, -0.2) is 4.98 Å². The largest absolute Gasteiger partial charge is 0.496 e. The van der Waals surface area contributed by atoms with Crippen LogP contribution in [-0.4, -0.2) is 42.2 Å². The van der Waals surface area contributed by atoms with E-state index in [0.717, 1.165) is 5.56 Å². The minimum atomic E-state index is -1.01. The Morgan fingerprint density at radius 3 is 2.70 bits per heavy atom. The molecule has 7 nitrogen and oxygen atoms in total. The van der Waals surface area contributed by atoms with E-state index in [1.807, 2.05) is 12.1 Å². The van der Waals surface area contributed by atoms with Crippen molar-refractivity contribution in [2.24, 2.45) is 5.92 Å². The average Bonchev–Trinajstić information content (AvgIpc) is 2.66. The molecule has 0 aliphatic rings. The molecule has 1 aromatic carbocycles. The number of methoxy groups -OCH3 is 1. The summed E-state index contributed by atoms with van der Waals surface area (Å²) in [7, 11) is 1.53. The molecule has 1 amide bonds. The molecule has 0 saturated heterocycles. The Kier molecular flexibility index (Phi) is 7.43. The summed E-state index contributed by atoms with van der Waals surface area (Å²) >= 11 is 6.03. The van der Waals surface area contributed by atoms with E-state index in [-0.39, 0.29) is 29.4 Å². The van der Waals surface area contributed by atoms with Crippen molar-refractivity contribution >= 4 is 23.5 Å². The second-order valence-electron chi connectivity index (χ2n) is 5.71. The highest BCUT2D eigenvalue weighted by molar-refractivity contribution is 6.32. The molecule has 0 spiro atoms. The standard InChI is InChI=1S/C19H21ClN2O5/c1-3-27-18-15(20)9-13(10-22-18)17(23)21-11-14(19(24)25)8-12-6-4-5-7-16(12)26-2/h4-7,9-10,14H,3,8,11H2,1-2H3,(H,21,23)(H,24,25). The number of halogens is 1. The van der Waals surface area contributed by atoms with E-state index in [9.17, 15) is 14.7 Å². The van der Waals surface area contributed by atoms with Gasteiger partial charge >= 0.3 is 5.97 Å². The number of aromatic nitrogens is 1. The van der Waals surface area contributed by atoms with Crippen LogP contribution in [0.1, 0.15) is 22.8 Å². The Hall–Kier alpha value is -2.80. The maximum absolute atomic E-state index is 12.3. The maximum atomic E-state index is 12.3. The van der Waals surface area contributed by atoms with Gasteiger partial charge in [-0.15, -0.1) is 0 Å². The Morgan fingerprint density at radius 1 is 1.33 bits per heavy atom. The Balaban J connectivity index is 2.04. The predicted octanol–water partition coefficient (Wildman–Crippen LogP) is 2.82. The molecule has 0 saturated carbocycles. The van der Waals surface area contributed by atoms with Crippen LogP contribution in [0.2, 0.25) is 5.02 Å². The summed E-state index contributed by atoms with van der Waals surface area (Å²) in [6.07, 6.45) is 1.56. The van der Waals surface area contributed by atoms with E-state index in [1.54, 1.807) is 19.1 Å². The quantitative estimate of drug-likeness (QED) is 0.681. The normalized spacial score (nSPS) is 11.5. The van der Waals surface area contributed by atoms with Gasteiger partial charge in [-0.2, -0.15) is 0 Å². The number of carboxylic acids is 1. The number of carboxylic acid groups (broad SMARTS) is 1. The third-order valence-electron chi connectivity index (χ3n) is 3.87. The van der Waals surface area contributed by atoms with Gasteiger partial charge in [0.05, 0.1) is 25.2 Å². The molecular weight excluding hydrogens is 372 g/mol. The highest BCUT2D eigenvalue weighted by atomic mass is 35.5. The zero-order valence-electron chi connectivity index (χ0n) is 15.1. The van der Waals surface area contributed by atoms with Gasteiger partial charge < -0.3 is 19.9 Å². The van der Waals surface area contributed by atoms with Gasteiger partial charge in [0.2, 0.25) is 5.88 Å². The van der Waals surface area contributed by atoms with Crippen molar-refractivity contribution in [2.75, 3.05) is 20.3 Å². The monoisotopic (exact) mass is 392 g/mol. The lowest BCUT2D eigenvalue weighted by Gasteiger charge is -2.15. The topological polar surface area (TPSA) is 97.8 Å². The van der Waals surface area contributed by atoms with Crippen molar-refractivity contribution in [1.29, 1.82) is 0 Å². The van der Waals surface area contributed by atoms with Crippen molar-refractivity contribution in [3.05, 3.63) is 52.7 Å². The fraction of sp³-hybridized carbons (Fsp3) is 0.316. The Labute approximate surface area is 162 Å². The molecule has 2 rings (SSSR count). The number of ether oxygens (including phenoxy) is 2. The van der Waals surface area contributed by atoms with E-state index in [2.05, 4.69) is 10.3 Å². The van der Waals surface area contributed by atoms with E-state index in [1.165, 1.54) is 19.4 Å². The first-order chi connectivity index (χ1) is 13.0. The number of carbonyl (C=O) groups is 2. The molecule has 2 aromatic rings.